The summed E-state index contributed by atoms with van der Waals surface area (Å²) < 4.78 is 17.7. The number of halogens is 1. The Morgan fingerprint density at radius 1 is 0.553 bits per heavy atom. The van der Waals surface area contributed by atoms with Gasteiger partial charge < -0.3 is 33.9 Å². The summed E-state index contributed by atoms with van der Waals surface area (Å²) in [7, 11) is 14.7. The first-order valence-corrected chi connectivity index (χ1v) is 14.1. The molecule has 0 heterocycles. The topological polar surface area (TPSA) is 149 Å². The molecule has 0 aliphatic carbocycles. The summed E-state index contributed by atoms with van der Waals surface area (Å²) in [5.41, 5.74) is 2.07. The van der Waals surface area contributed by atoms with E-state index in [1.54, 1.807) is 41.5 Å². The van der Waals surface area contributed by atoms with E-state index in [0.29, 0.717) is 47.5 Å². The molecule has 47 heavy (non-hydrogen) atoms. The molecule has 12 nitrogen and oxygen atoms in total. The van der Waals surface area contributed by atoms with Crippen molar-refractivity contribution in [2.45, 2.75) is 61.3 Å². The van der Waals surface area contributed by atoms with Crippen LogP contribution in [0.15, 0.2) is 60.8 Å². The molecule has 0 aliphatic rings. The molecular weight excluding hydrogens is 632 g/mol. The Balaban J connectivity index is -0.0000000636. The molecule has 0 radical (unpaired) electrons. The number of rotatable bonds is 9. The number of carbonyl (C=O) groups is 5. The van der Waals surface area contributed by atoms with Crippen molar-refractivity contribution >= 4 is 42.3 Å². The lowest BCUT2D eigenvalue weighted by Gasteiger charge is -1.96. The maximum atomic E-state index is 10.4. The van der Waals surface area contributed by atoms with Crippen LogP contribution in [0.3, 0.4) is 0 Å². The van der Waals surface area contributed by atoms with Crippen molar-refractivity contribution in [1.82, 2.24) is 9.80 Å². The van der Waals surface area contributed by atoms with Crippen LogP contribution in [0.2, 0.25) is 0 Å². The zero-order valence-electron chi connectivity index (χ0n) is 31.8. The predicted octanol–water partition coefficient (Wildman–Crippen LogP) is 5.93. The van der Waals surface area contributed by atoms with E-state index in [-0.39, 0.29) is 36.3 Å². The van der Waals surface area contributed by atoms with E-state index in [1.165, 1.54) is 14.2 Å². The zero-order valence-corrected chi connectivity index (χ0v) is 32.6. The lowest BCUT2D eigenvalue weighted by molar-refractivity contribution is -0.139. The second kappa shape index (κ2) is 44.4. The van der Waals surface area contributed by atoms with Crippen molar-refractivity contribution in [2.24, 2.45) is 0 Å². The number of aliphatic carboxylic acids is 1. The SMILES string of the molecule is C=C(C)C(=O)OC.C=C(C)C(=O)OC.C=C(C)C(=O)OCC.C=C(C)C(=O)OCC.C=C(CCC)C(=O)O.CN(C)C.CN(C)C.Cl. The third-order valence-electron chi connectivity index (χ3n) is 3.17. The van der Waals surface area contributed by atoms with Gasteiger partial charge in [0.1, 0.15) is 0 Å². The van der Waals surface area contributed by atoms with E-state index < -0.39 is 5.97 Å². The molecule has 13 heteroatoms. The van der Waals surface area contributed by atoms with E-state index in [0.717, 1.165) is 6.42 Å². The number of carboxylic acid groups (broad SMARTS) is 1. The van der Waals surface area contributed by atoms with Gasteiger partial charge in [0.15, 0.2) is 0 Å². The average Bonchev–Trinajstić information content (AvgIpc) is 2.93. The standard InChI is InChI=1S/3C6H10O2.2C5H8O2.2C3H9N.ClH/c2*1-4-8-6(7)5(2)3;1-3-4-5(2)6(7)8;2*1-4(2)5(6)7-3;2*1-4(2)3;/h2*2,4H2,1,3H3;2-4H2,1H3,(H,7,8);2*1H2,2-3H3;2*1-3H3;1H. The summed E-state index contributed by atoms with van der Waals surface area (Å²) in [6, 6.07) is 0. The highest BCUT2D eigenvalue weighted by Crippen LogP contribution is 1.99. The molecule has 0 fully saturated rings. The van der Waals surface area contributed by atoms with Crippen molar-refractivity contribution < 1.29 is 48.0 Å². The number of hydrogen-bond donors (Lipinski definition) is 1. The number of hydrogen-bond acceptors (Lipinski definition) is 11. The fraction of sp³-hybridized carbons (Fsp3) is 0.559. The van der Waals surface area contributed by atoms with Gasteiger partial charge in [0.05, 0.1) is 27.4 Å². The minimum atomic E-state index is -0.883. The molecule has 0 saturated heterocycles. The fourth-order valence-corrected chi connectivity index (χ4v) is 1.27. The zero-order chi connectivity index (χ0) is 38.6. The van der Waals surface area contributed by atoms with Crippen molar-refractivity contribution in [1.29, 1.82) is 0 Å². The number of methoxy groups -OCH3 is 2. The summed E-state index contributed by atoms with van der Waals surface area (Å²) in [6.07, 6.45) is 1.44. The van der Waals surface area contributed by atoms with Crippen LogP contribution < -0.4 is 0 Å². The van der Waals surface area contributed by atoms with Crippen LogP contribution >= 0.6 is 12.4 Å². The van der Waals surface area contributed by atoms with E-state index in [4.69, 9.17) is 5.11 Å². The molecule has 0 spiro atoms. The maximum Gasteiger partial charge on any atom is 0.333 e. The largest absolute Gasteiger partial charge is 0.478 e. The van der Waals surface area contributed by atoms with Gasteiger partial charge in [-0.25, -0.2) is 24.0 Å². The van der Waals surface area contributed by atoms with Crippen molar-refractivity contribution in [2.75, 3.05) is 69.7 Å². The molecule has 278 valence electrons. The highest BCUT2D eigenvalue weighted by molar-refractivity contribution is 5.88. The molecule has 0 amide bonds. The normalized spacial score (nSPS) is 8.11. The third-order valence-corrected chi connectivity index (χ3v) is 3.17. The number of carbonyl (C=O) groups excluding carboxylic acids is 4. The van der Waals surface area contributed by atoms with Crippen molar-refractivity contribution in [3.8, 4) is 0 Å². The first-order chi connectivity index (χ1) is 20.9. The second-order valence-corrected chi connectivity index (χ2v) is 9.89. The Morgan fingerprint density at radius 2 is 0.766 bits per heavy atom. The Morgan fingerprint density at radius 3 is 0.809 bits per heavy atom. The van der Waals surface area contributed by atoms with E-state index in [1.807, 2.05) is 59.0 Å². The van der Waals surface area contributed by atoms with Gasteiger partial charge in [0.25, 0.3) is 0 Å². The molecule has 1 N–H and O–H groups in total. The summed E-state index contributed by atoms with van der Waals surface area (Å²) in [5, 5.41) is 8.21. The monoisotopic (exact) mass is 696 g/mol. The molecule has 0 aliphatic heterocycles. The van der Waals surface area contributed by atoms with Crippen LogP contribution in [-0.4, -0.2) is 114 Å². The number of carboxylic acids is 1. The summed E-state index contributed by atoms with van der Waals surface area (Å²) in [4.78, 5) is 55.2. The van der Waals surface area contributed by atoms with Crippen molar-refractivity contribution in [3.05, 3.63) is 60.8 Å². The third kappa shape index (κ3) is 80.0. The van der Waals surface area contributed by atoms with Crippen LogP contribution in [0.4, 0.5) is 0 Å². The Hall–Kier alpha value is -3.74. The maximum absolute atomic E-state index is 10.4. The smallest absolute Gasteiger partial charge is 0.333 e. The molecular formula is C34H65ClN2O10. The Kier molecular flexibility index (Phi) is 58.7. The number of ether oxygens (including phenoxy) is 4. The van der Waals surface area contributed by atoms with Gasteiger partial charge in [0, 0.05) is 27.9 Å². The highest BCUT2D eigenvalue weighted by Gasteiger charge is 2.00. The molecule has 0 aromatic heterocycles. The minimum absolute atomic E-state index is 0. The minimum Gasteiger partial charge on any atom is -0.478 e. The molecule has 0 aromatic rings. The first kappa shape index (κ1) is 62.1. The average molecular weight is 697 g/mol. The highest BCUT2D eigenvalue weighted by atomic mass is 35.5. The first-order valence-electron chi connectivity index (χ1n) is 14.1. The van der Waals surface area contributed by atoms with Crippen LogP contribution in [0.5, 0.6) is 0 Å². The molecule has 0 atom stereocenters. The summed E-state index contributed by atoms with van der Waals surface area (Å²) in [6.45, 7) is 29.6. The van der Waals surface area contributed by atoms with Gasteiger partial charge in [-0.15, -0.1) is 12.4 Å². The molecule has 0 bridgehead atoms. The van der Waals surface area contributed by atoms with Gasteiger partial charge in [-0.3, -0.25) is 0 Å². The Bertz CT molecular complexity index is 824. The van der Waals surface area contributed by atoms with Crippen LogP contribution in [0, 0.1) is 0 Å². The van der Waals surface area contributed by atoms with E-state index in [9.17, 15) is 24.0 Å². The van der Waals surface area contributed by atoms with Gasteiger partial charge in [-0.05, 0) is 90.2 Å². The van der Waals surface area contributed by atoms with Gasteiger partial charge in [-0.2, -0.15) is 0 Å². The molecule has 0 aromatic carbocycles. The van der Waals surface area contributed by atoms with Crippen LogP contribution in [0.1, 0.15) is 61.3 Å². The van der Waals surface area contributed by atoms with Gasteiger partial charge in [-0.1, -0.05) is 46.2 Å². The lowest BCUT2D eigenvalue weighted by Crippen LogP contribution is -2.03. The second-order valence-electron chi connectivity index (χ2n) is 9.89. The number of esters is 4. The van der Waals surface area contributed by atoms with Crippen LogP contribution in [-0.2, 0) is 42.9 Å². The van der Waals surface area contributed by atoms with E-state index in [2.05, 4.69) is 51.8 Å². The fourth-order valence-electron chi connectivity index (χ4n) is 1.27. The predicted molar refractivity (Wildman–Crippen MR) is 195 cm³/mol. The Labute approximate surface area is 291 Å². The van der Waals surface area contributed by atoms with E-state index >= 15 is 0 Å². The lowest BCUT2D eigenvalue weighted by atomic mass is 10.2. The summed E-state index contributed by atoms with van der Waals surface area (Å²) in [5.74, 6) is -2.20. The molecule has 0 unspecified atom stereocenters. The van der Waals surface area contributed by atoms with Gasteiger partial charge >= 0.3 is 29.8 Å². The van der Waals surface area contributed by atoms with Crippen molar-refractivity contribution in [3.63, 3.8) is 0 Å². The quantitative estimate of drug-likeness (QED) is 0.173. The molecule has 0 rings (SSSR count). The van der Waals surface area contributed by atoms with Gasteiger partial charge in [0.2, 0.25) is 0 Å². The molecule has 0 saturated carbocycles. The summed E-state index contributed by atoms with van der Waals surface area (Å²) >= 11 is 0. The van der Waals surface area contributed by atoms with Crippen LogP contribution in [0.25, 0.3) is 0 Å². The number of nitrogens with zero attached hydrogens (tertiary/aromatic N) is 2.